The van der Waals surface area contributed by atoms with Crippen LogP contribution in [0, 0.1) is 5.92 Å². The van der Waals surface area contributed by atoms with Crippen LogP contribution in [-0.4, -0.2) is 5.11 Å². The summed E-state index contributed by atoms with van der Waals surface area (Å²) in [6, 6.07) is 9.53. The zero-order chi connectivity index (χ0) is 14.3. The van der Waals surface area contributed by atoms with Gasteiger partial charge in [-0.2, -0.15) is 0 Å². The summed E-state index contributed by atoms with van der Waals surface area (Å²) < 4.78 is 6.71. The van der Waals surface area contributed by atoms with Crippen LogP contribution < -0.4 is 0 Å². The van der Waals surface area contributed by atoms with Crippen LogP contribution in [0.2, 0.25) is 5.02 Å². The van der Waals surface area contributed by atoms with Gasteiger partial charge >= 0.3 is 0 Å². The van der Waals surface area contributed by atoms with E-state index in [-0.39, 0.29) is 0 Å². The Balaban J connectivity index is 1.72. The van der Waals surface area contributed by atoms with Gasteiger partial charge < -0.3 is 9.52 Å². The summed E-state index contributed by atoms with van der Waals surface area (Å²) in [6.45, 7) is 2.21. The van der Waals surface area contributed by atoms with Crippen LogP contribution >= 0.6 is 27.5 Å². The van der Waals surface area contributed by atoms with Crippen LogP contribution in [0.5, 0.6) is 0 Å². The van der Waals surface area contributed by atoms with Crippen molar-refractivity contribution in [2.45, 2.75) is 31.8 Å². The Bertz CT molecular complexity index is 623. The maximum atomic E-state index is 10.3. The molecule has 4 heteroatoms. The standard InChI is InChI=1S/C16H16BrClO2/c1-9-6-12(9)15-4-5-16(20-15)14(19)7-10-2-3-11(17)8-13(10)18/h2-5,8-9,12,14,19H,6-7H2,1H3. The molecule has 1 aromatic carbocycles. The third-order valence-corrected chi connectivity index (χ3v) is 4.72. The van der Waals surface area contributed by atoms with E-state index in [1.807, 2.05) is 30.3 Å². The molecule has 1 saturated carbocycles. The first kappa shape index (κ1) is 14.2. The molecule has 1 aromatic heterocycles. The number of aliphatic hydroxyl groups excluding tert-OH is 1. The van der Waals surface area contributed by atoms with Gasteiger partial charge in [0.1, 0.15) is 17.6 Å². The predicted octanol–water partition coefficient (Wildman–Crippen LogP) is 5.10. The van der Waals surface area contributed by atoms with Crippen molar-refractivity contribution < 1.29 is 9.52 Å². The lowest BCUT2D eigenvalue weighted by Gasteiger charge is -2.10. The predicted molar refractivity (Wildman–Crippen MR) is 83.0 cm³/mol. The molecule has 3 atom stereocenters. The Labute approximate surface area is 131 Å². The van der Waals surface area contributed by atoms with Crippen molar-refractivity contribution in [1.82, 2.24) is 0 Å². The average molecular weight is 356 g/mol. The van der Waals surface area contributed by atoms with Gasteiger partial charge in [0.25, 0.3) is 0 Å². The molecule has 20 heavy (non-hydrogen) atoms. The van der Waals surface area contributed by atoms with E-state index in [1.54, 1.807) is 0 Å². The summed E-state index contributed by atoms with van der Waals surface area (Å²) in [4.78, 5) is 0. The monoisotopic (exact) mass is 354 g/mol. The first-order chi connectivity index (χ1) is 9.54. The molecule has 1 fully saturated rings. The van der Waals surface area contributed by atoms with Gasteiger partial charge in [-0.25, -0.2) is 0 Å². The molecule has 1 aliphatic rings. The van der Waals surface area contributed by atoms with E-state index >= 15 is 0 Å². The van der Waals surface area contributed by atoms with Crippen LogP contribution in [0.25, 0.3) is 0 Å². The van der Waals surface area contributed by atoms with Crippen molar-refractivity contribution >= 4 is 27.5 Å². The van der Waals surface area contributed by atoms with Gasteiger partial charge in [-0.1, -0.05) is 40.5 Å². The molecule has 1 N–H and O–H groups in total. The Hall–Kier alpha value is -0.770. The lowest BCUT2D eigenvalue weighted by atomic mass is 10.1. The highest BCUT2D eigenvalue weighted by Crippen LogP contribution is 2.47. The molecule has 1 heterocycles. The van der Waals surface area contributed by atoms with Gasteiger partial charge in [0, 0.05) is 21.8 Å². The summed E-state index contributed by atoms with van der Waals surface area (Å²) in [6.07, 6.45) is 0.984. The quantitative estimate of drug-likeness (QED) is 0.828. The van der Waals surface area contributed by atoms with Crippen molar-refractivity contribution in [3.8, 4) is 0 Å². The summed E-state index contributed by atoms with van der Waals surface area (Å²) in [5.41, 5.74) is 0.917. The highest BCUT2D eigenvalue weighted by atomic mass is 79.9. The lowest BCUT2D eigenvalue weighted by molar-refractivity contribution is 0.148. The number of rotatable bonds is 4. The maximum Gasteiger partial charge on any atom is 0.133 e. The van der Waals surface area contributed by atoms with Gasteiger partial charge in [0.05, 0.1) is 0 Å². The molecule has 0 radical (unpaired) electrons. The molecule has 0 saturated heterocycles. The zero-order valence-electron chi connectivity index (χ0n) is 11.1. The third-order valence-electron chi connectivity index (χ3n) is 3.88. The van der Waals surface area contributed by atoms with E-state index in [2.05, 4.69) is 22.9 Å². The first-order valence-corrected chi connectivity index (χ1v) is 7.93. The van der Waals surface area contributed by atoms with Gasteiger partial charge in [-0.3, -0.25) is 0 Å². The third kappa shape index (κ3) is 2.95. The fraction of sp³-hybridized carbons (Fsp3) is 0.375. The summed E-state index contributed by atoms with van der Waals surface area (Å²) >= 11 is 9.55. The van der Waals surface area contributed by atoms with E-state index in [0.717, 1.165) is 15.8 Å². The summed E-state index contributed by atoms with van der Waals surface area (Å²) in [5, 5.41) is 10.9. The van der Waals surface area contributed by atoms with E-state index in [1.165, 1.54) is 6.42 Å². The van der Waals surface area contributed by atoms with E-state index in [9.17, 15) is 5.11 Å². The van der Waals surface area contributed by atoms with Crippen molar-refractivity contribution in [2.75, 3.05) is 0 Å². The minimum absolute atomic E-state index is 0.458. The van der Waals surface area contributed by atoms with Gasteiger partial charge in [0.2, 0.25) is 0 Å². The van der Waals surface area contributed by atoms with Crippen LogP contribution in [0.3, 0.4) is 0 Å². The van der Waals surface area contributed by atoms with Crippen molar-refractivity contribution in [1.29, 1.82) is 0 Å². The fourth-order valence-corrected chi connectivity index (χ4v) is 3.21. The molecule has 3 rings (SSSR count). The van der Waals surface area contributed by atoms with E-state index < -0.39 is 6.10 Å². The minimum Gasteiger partial charge on any atom is -0.463 e. The normalized spacial score (nSPS) is 22.8. The Kier molecular flexibility index (Phi) is 3.93. The first-order valence-electron chi connectivity index (χ1n) is 6.76. The Morgan fingerprint density at radius 3 is 2.80 bits per heavy atom. The smallest absolute Gasteiger partial charge is 0.133 e. The molecule has 0 aliphatic heterocycles. The molecule has 0 bridgehead atoms. The van der Waals surface area contributed by atoms with Crippen LogP contribution in [-0.2, 0) is 6.42 Å². The number of hydrogen-bond acceptors (Lipinski definition) is 2. The van der Waals surface area contributed by atoms with Crippen molar-refractivity contribution in [2.24, 2.45) is 5.92 Å². The highest BCUT2D eigenvalue weighted by molar-refractivity contribution is 9.10. The van der Waals surface area contributed by atoms with Crippen molar-refractivity contribution in [3.63, 3.8) is 0 Å². The summed E-state index contributed by atoms with van der Waals surface area (Å²) in [7, 11) is 0. The molecule has 106 valence electrons. The summed E-state index contributed by atoms with van der Waals surface area (Å²) in [5.74, 6) is 2.85. The van der Waals surface area contributed by atoms with Crippen LogP contribution in [0.15, 0.2) is 39.2 Å². The maximum absolute atomic E-state index is 10.3. The molecule has 1 aliphatic carbocycles. The molecule has 0 spiro atoms. The second-order valence-electron chi connectivity index (χ2n) is 5.52. The number of furan rings is 1. The molecule has 2 aromatic rings. The van der Waals surface area contributed by atoms with Crippen molar-refractivity contribution in [3.05, 3.63) is 56.9 Å². The largest absolute Gasteiger partial charge is 0.463 e. The van der Waals surface area contributed by atoms with E-state index in [4.69, 9.17) is 16.0 Å². The van der Waals surface area contributed by atoms with Gasteiger partial charge in [-0.05, 0) is 42.2 Å². The van der Waals surface area contributed by atoms with Gasteiger partial charge in [0.15, 0.2) is 0 Å². The number of benzene rings is 1. The fourth-order valence-electron chi connectivity index (χ4n) is 2.46. The van der Waals surface area contributed by atoms with Crippen LogP contribution in [0.4, 0.5) is 0 Å². The topological polar surface area (TPSA) is 33.4 Å². The molecular formula is C16H16BrClO2. The number of aliphatic hydroxyl groups is 1. The second-order valence-corrected chi connectivity index (χ2v) is 6.84. The van der Waals surface area contributed by atoms with Gasteiger partial charge in [-0.15, -0.1) is 0 Å². The molecule has 3 unspecified atom stereocenters. The molecular weight excluding hydrogens is 340 g/mol. The minimum atomic E-state index is -0.656. The second kappa shape index (κ2) is 5.55. The highest BCUT2D eigenvalue weighted by Gasteiger charge is 2.36. The Morgan fingerprint density at radius 2 is 2.15 bits per heavy atom. The van der Waals surface area contributed by atoms with E-state index in [0.29, 0.717) is 29.0 Å². The van der Waals surface area contributed by atoms with Crippen LogP contribution in [0.1, 0.15) is 42.5 Å². The number of halogens is 2. The number of hydrogen-bond donors (Lipinski definition) is 1. The lowest BCUT2D eigenvalue weighted by Crippen LogP contribution is -2.01. The molecule has 0 amide bonds. The molecule has 2 nitrogen and oxygen atoms in total. The SMILES string of the molecule is CC1CC1c1ccc(C(O)Cc2ccc(Br)cc2Cl)o1. The average Bonchev–Trinajstić information content (AvgIpc) is 2.94. The zero-order valence-corrected chi connectivity index (χ0v) is 13.5. The Morgan fingerprint density at radius 1 is 1.40 bits per heavy atom.